The Balaban J connectivity index is 1.89. The topological polar surface area (TPSA) is 66.8 Å². The second-order valence-corrected chi connectivity index (χ2v) is 7.07. The first-order valence-electron chi connectivity index (χ1n) is 8.57. The van der Waals surface area contributed by atoms with Crippen molar-refractivity contribution in [3.8, 4) is 5.75 Å². The number of hydrogen-bond donors (Lipinski definition) is 1. The van der Waals surface area contributed by atoms with E-state index < -0.39 is 11.9 Å². The number of piperidine rings is 1. The fraction of sp³-hybridized carbons (Fsp3) is 0.579. The van der Waals surface area contributed by atoms with Crippen molar-refractivity contribution in [2.75, 3.05) is 19.7 Å². The molecule has 0 aliphatic carbocycles. The normalized spacial score (nSPS) is 18.3. The minimum atomic E-state index is -0.831. The van der Waals surface area contributed by atoms with E-state index in [-0.39, 0.29) is 24.5 Å². The number of likely N-dealkylation sites (tertiary alicyclic amines) is 1. The van der Waals surface area contributed by atoms with E-state index in [1.807, 2.05) is 24.3 Å². The van der Waals surface area contributed by atoms with Crippen molar-refractivity contribution < 1.29 is 19.4 Å². The summed E-state index contributed by atoms with van der Waals surface area (Å²) in [5.74, 6) is -0.787. The van der Waals surface area contributed by atoms with E-state index >= 15 is 0 Å². The quantitative estimate of drug-likeness (QED) is 0.869. The van der Waals surface area contributed by atoms with Crippen LogP contribution in [0.3, 0.4) is 0 Å². The van der Waals surface area contributed by atoms with Crippen LogP contribution in [-0.2, 0) is 15.0 Å². The van der Waals surface area contributed by atoms with Crippen LogP contribution in [-0.4, -0.2) is 41.6 Å². The molecule has 2 rings (SSSR count). The number of carbonyl (C=O) groups excluding carboxylic acids is 1. The lowest BCUT2D eigenvalue weighted by atomic mass is 9.82. The highest BCUT2D eigenvalue weighted by Crippen LogP contribution is 2.28. The fourth-order valence-corrected chi connectivity index (χ4v) is 2.85. The van der Waals surface area contributed by atoms with Crippen LogP contribution in [0.1, 0.15) is 45.6 Å². The molecule has 0 radical (unpaired) electrons. The average molecular weight is 333 g/mol. The Labute approximate surface area is 143 Å². The zero-order valence-electron chi connectivity index (χ0n) is 14.7. The van der Waals surface area contributed by atoms with Gasteiger partial charge in [0.2, 0.25) is 0 Å². The number of carboxylic acid groups (broad SMARTS) is 1. The van der Waals surface area contributed by atoms with Gasteiger partial charge in [-0.15, -0.1) is 0 Å². The Morgan fingerprint density at radius 1 is 1.29 bits per heavy atom. The summed E-state index contributed by atoms with van der Waals surface area (Å²) < 4.78 is 5.58. The highest BCUT2D eigenvalue weighted by Gasteiger charge is 2.28. The lowest BCUT2D eigenvalue weighted by Gasteiger charge is -2.30. The molecule has 1 N–H and O–H groups in total. The van der Waals surface area contributed by atoms with Crippen LogP contribution in [0.4, 0.5) is 0 Å². The molecule has 0 spiro atoms. The Bertz CT molecular complexity index is 580. The van der Waals surface area contributed by atoms with Gasteiger partial charge in [0.25, 0.3) is 5.91 Å². The molecule has 5 heteroatoms. The van der Waals surface area contributed by atoms with Crippen molar-refractivity contribution in [1.82, 2.24) is 4.90 Å². The summed E-state index contributed by atoms with van der Waals surface area (Å²) in [6.45, 7) is 7.38. The molecule has 1 aliphatic rings. The van der Waals surface area contributed by atoms with E-state index in [9.17, 15) is 9.59 Å². The van der Waals surface area contributed by atoms with E-state index in [1.54, 1.807) is 4.90 Å². The van der Waals surface area contributed by atoms with Gasteiger partial charge in [0, 0.05) is 13.1 Å². The average Bonchev–Trinajstić information content (AvgIpc) is 2.60. The number of aliphatic carboxylic acids is 1. The minimum absolute atomic E-state index is 0.0527. The molecule has 1 unspecified atom stereocenters. The van der Waals surface area contributed by atoms with Crippen LogP contribution in [0.5, 0.6) is 5.75 Å². The highest BCUT2D eigenvalue weighted by molar-refractivity contribution is 5.79. The molecule has 1 aromatic rings. The number of benzene rings is 1. The Morgan fingerprint density at radius 2 is 1.96 bits per heavy atom. The van der Waals surface area contributed by atoms with Crippen molar-refractivity contribution in [3.63, 3.8) is 0 Å². The predicted molar refractivity (Wildman–Crippen MR) is 92.2 cm³/mol. The Morgan fingerprint density at radius 3 is 2.54 bits per heavy atom. The molecule has 0 aromatic heterocycles. The fourth-order valence-electron chi connectivity index (χ4n) is 2.85. The van der Waals surface area contributed by atoms with Gasteiger partial charge in [-0.1, -0.05) is 32.9 Å². The maximum Gasteiger partial charge on any atom is 0.308 e. The summed E-state index contributed by atoms with van der Waals surface area (Å²) in [4.78, 5) is 24.9. The lowest BCUT2D eigenvalue weighted by Crippen LogP contribution is -2.44. The van der Waals surface area contributed by atoms with E-state index in [1.165, 1.54) is 5.56 Å². The van der Waals surface area contributed by atoms with Crippen molar-refractivity contribution in [2.45, 2.75) is 45.4 Å². The molecule has 1 aromatic carbocycles. The standard InChI is InChI=1S/C19H27NO4/c1-4-19(2,3)15-7-9-16(10-8-15)24-13-17(21)20-11-5-6-14(12-20)18(22)23/h7-10,14H,4-6,11-13H2,1-3H3,(H,22,23). The first-order chi connectivity index (χ1) is 11.3. The maximum atomic E-state index is 12.2. The lowest BCUT2D eigenvalue weighted by molar-refractivity contribution is -0.146. The van der Waals surface area contributed by atoms with Crippen LogP contribution in [0, 0.1) is 5.92 Å². The summed E-state index contributed by atoms with van der Waals surface area (Å²) in [6, 6.07) is 7.84. The summed E-state index contributed by atoms with van der Waals surface area (Å²) >= 11 is 0. The number of rotatable bonds is 6. The van der Waals surface area contributed by atoms with Gasteiger partial charge in [-0.3, -0.25) is 9.59 Å². The zero-order valence-corrected chi connectivity index (χ0v) is 14.7. The zero-order chi connectivity index (χ0) is 17.7. The Kier molecular flexibility index (Phi) is 5.86. The summed E-state index contributed by atoms with van der Waals surface area (Å²) in [5.41, 5.74) is 1.36. The SMILES string of the molecule is CCC(C)(C)c1ccc(OCC(=O)N2CCCC(C(=O)O)C2)cc1. The first-order valence-corrected chi connectivity index (χ1v) is 8.57. The number of amides is 1. The molecule has 1 saturated heterocycles. The second kappa shape index (κ2) is 7.69. The van der Waals surface area contributed by atoms with Gasteiger partial charge in [0.1, 0.15) is 5.75 Å². The van der Waals surface area contributed by atoms with Gasteiger partial charge in [0.05, 0.1) is 5.92 Å². The van der Waals surface area contributed by atoms with Gasteiger partial charge in [-0.2, -0.15) is 0 Å². The minimum Gasteiger partial charge on any atom is -0.484 e. The molecule has 5 nitrogen and oxygen atoms in total. The number of ether oxygens (including phenoxy) is 1. The van der Waals surface area contributed by atoms with Gasteiger partial charge in [-0.25, -0.2) is 0 Å². The number of carboxylic acids is 1. The maximum absolute atomic E-state index is 12.2. The van der Waals surface area contributed by atoms with Crippen LogP contribution in [0.15, 0.2) is 24.3 Å². The number of hydrogen-bond acceptors (Lipinski definition) is 3. The monoisotopic (exact) mass is 333 g/mol. The number of carbonyl (C=O) groups is 2. The van der Waals surface area contributed by atoms with Crippen molar-refractivity contribution >= 4 is 11.9 Å². The molecular formula is C19H27NO4. The largest absolute Gasteiger partial charge is 0.484 e. The van der Waals surface area contributed by atoms with E-state index in [0.717, 1.165) is 12.8 Å². The van der Waals surface area contributed by atoms with E-state index in [2.05, 4.69) is 20.8 Å². The molecule has 1 aliphatic heterocycles. The van der Waals surface area contributed by atoms with Crippen molar-refractivity contribution in [3.05, 3.63) is 29.8 Å². The molecule has 24 heavy (non-hydrogen) atoms. The van der Waals surface area contributed by atoms with E-state index in [4.69, 9.17) is 9.84 Å². The van der Waals surface area contributed by atoms with Crippen LogP contribution >= 0.6 is 0 Å². The van der Waals surface area contributed by atoms with Gasteiger partial charge < -0.3 is 14.7 Å². The van der Waals surface area contributed by atoms with Gasteiger partial charge >= 0.3 is 5.97 Å². The molecule has 132 valence electrons. The molecule has 1 fully saturated rings. The molecular weight excluding hydrogens is 306 g/mol. The molecule has 0 saturated carbocycles. The van der Waals surface area contributed by atoms with Gasteiger partial charge in [0.15, 0.2) is 6.61 Å². The highest BCUT2D eigenvalue weighted by atomic mass is 16.5. The molecule has 1 heterocycles. The summed E-state index contributed by atoms with van der Waals surface area (Å²) in [6.07, 6.45) is 2.41. The summed E-state index contributed by atoms with van der Waals surface area (Å²) in [5, 5.41) is 9.09. The third kappa shape index (κ3) is 4.49. The van der Waals surface area contributed by atoms with Crippen LogP contribution in [0.25, 0.3) is 0 Å². The smallest absolute Gasteiger partial charge is 0.308 e. The van der Waals surface area contributed by atoms with Gasteiger partial charge in [-0.05, 0) is 42.4 Å². The molecule has 1 atom stereocenters. The second-order valence-electron chi connectivity index (χ2n) is 7.07. The number of nitrogens with zero attached hydrogens (tertiary/aromatic N) is 1. The predicted octanol–water partition coefficient (Wildman–Crippen LogP) is 3.08. The van der Waals surface area contributed by atoms with Crippen LogP contribution in [0.2, 0.25) is 0 Å². The van der Waals surface area contributed by atoms with Crippen molar-refractivity contribution in [2.24, 2.45) is 5.92 Å². The van der Waals surface area contributed by atoms with Crippen molar-refractivity contribution in [1.29, 1.82) is 0 Å². The van der Waals surface area contributed by atoms with Crippen LogP contribution < -0.4 is 4.74 Å². The summed E-state index contributed by atoms with van der Waals surface area (Å²) in [7, 11) is 0. The Hall–Kier alpha value is -2.04. The molecule has 0 bridgehead atoms. The third-order valence-corrected chi connectivity index (χ3v) is 5.01. The third-order valence-electron chi connectivity index (χ3n) is 5.01. The first kappa shape index (κ1) is 18.3. The molecule has 1 amide bonds. The van der Waals surface area contributed by atoms with E-state index in [0.29, 0.717) is 18.7 Å².